The van der Waals surface area contributed by atoms with E-state index in [2.05, 4.69) is 5.10 Å². The molecule has 6 heteroatoms. The van der Waals surface area contributed by atoms with Crippen LogP contribution in [0.15, 0.2) is 30.3 Å². The third kappa shape index (κ3) is 1.69. The lowest BCUT2D eigenvalue weighted by molar-refractivity contribution is 0.0689. The summed E-state index contributed by atoms with van der Waals surface area (Å²) >= 11 is 0. The number of halogens is 1. The number of aromatic nitrogens is 3. The minimum Gasteiger partial charge on any atom is -0.476 e. The molecule has 2 aromatic heterocycles. The average molecular weight is 273 g/mol. The number of aryl methyl sites for hydroxylation is 2. The quantitative estimate of drug-likeness (QED) is 0.780. The summed E-state index contributed by atoms with van der Waals surface area (Å²) in [4.78, 5) is 11.0. The summed E-state index contributed by atoms with van der Waals surface area (Å²) < 4.78 is 17.1. The fourth-order valence-corrected chi connectivity index (χ4v) is 2.42. The number of hydrogen-bond acceptors (Lipinski definition) is 2. The Bertz CT molecular complexity index is 832. The van der Waals surface area contributed by atoms with E-state index in [0.717, 1.165) is 5.39 Å². The smallest absolute Gasteiger partial charge is 0.356 e. The Labute approximate surface area is 113 Å². The van der Waals surface area contributed by atoms with Crippen molar-refractivity contribution in [3.63, 3.8) is 0 Å². The second kappa shape index (κ2) is 4.19. The molecule has 0 aliphatic heterocycles. The third-order valence-electron chi connectivity index (χ3n) is 3.37. The minimum absolute atomic E-state index is 0.0340. The van der Waals surface area contributed by atoms with Gasteiger partial charge in [0.2, 0.25) is 0 Å². The van der Waals surface area contributed by atoms with Crippen molar-refractivity contribution in [2.45, 2.75) is 0 Å². The Morgan fingerprint density at radius 2 is 2.00 bits per heavy atom. The molecular weight excluding hydrogens is 261 g/mol. The Kier molecular flexibility index (Phi) is 2.60. The van der Waals surface area contributed by atoms with E-state index in [9.17, 15) is 9.18 Å². The van der Waals surface area contributed by atoms with Crippen LogP contribution in [-0.2, 0) is 14.1 Å². The summed E-state index contributed by atoms with van der Waals surface area (Å²) in [6, 6.07) is 8.16. The van der Waals surface area contributed by atoms with Gasteiger partial charge in [-0.3, -0.25) is 4.68 Å². The van der Waals surface area contributed by atoms with Gasteiger partial charge in [-0.25, -0.2) is 9.18 Å². The van der Waals surface area contributed by atoms with Crippen LogP contribution in [0.1, 0.15) is 10.5 Å². The van der Waals surface area contributed by atoms with Gasteiger partial charge < -0.3 is 9.67 Å². The van der Waals surface area contributed by atoms with Gasteiger partial charge in [0, 0.05) is 25.5 Å². The largest absolute Gasteiger partial charge is 0.476 e. The fraction of sp³-hybridized carbons (Fsp3) is 0.143. The number of para-hydroxylation sites is 1. The van der Waals surface area contributed by atoms with Crippen LogP contribution in [0.3, 0.4) is 0 Å². The molecule has 2 heterocycles. The van der Waals surface area contributed by atoms with Crippen LogP contribution in [0.25, 0.3) is 22.3 Å². The first-order valence-corrected chi connectivity index (χ1v) is 6.00. The third-order valence-corrected chi connectivity index (χ3v) is 3.37. The van der Waals surface area contributed by atoms with Gasteiger partial charge >= 0.3 is 5.97 Å². The number of aromatic carboxylic acids is 1. The standard InChI is InChI=1S/C14H12FN3O2/c1-17-11(6-8-4-3-5-9(15)13(8)17)12-7-10(14(19)20)16-18(12)2/h3-7H,1-2H3,(H,19,20). The summed E-state index contributed by atoms with van der Waals surface area (Å²) in [5, 5.41) is 13.7. The van der Waals surface area contributed by atoms with E-state index < -0.39 is 5.97 Å². The van der Waals surface area contributed by atoms with E-state index in [-0.39, 0.29) is 11.5 Å². The number of benzene rings is 1. The van der Waals surface area contributed by atoms with E-state index in [0.29, 0.717) is 16.9 Å². The van der Waals surface area contributed by atoms with Crippen LogP contribution in [0.5, 0.6) is 0 Å². The van der Waals surface area contributed by atoms with Crippen molar-refractivity contribution in [3.05, 3.63) is 41.8 Å². The first-order valence-electron chi connectivity index (χ1n) is 6.00. The highest BCUT2D eigenvalue weighted by atomic mass is 19.1. The summed E-state index contributed by atoms with van der Waals surface area (Å²) in [6.45, 7) is 0. The molecule has 0 saturated heterocycles. The molecule has 0 unspecified atom stereocenters. The molecule has 5 nitrogen and oxygen atoms in total. The van der Waals surface area contributed by atoms with E-state index in [1.165, 1.54) is 16.8 Å². The molecule has 3 rings (SSSR count). The molecule has 102 valence electrons. The van der Waals surface area contributed by atoms with Crippen molar-refractivity contribution in [1.29, 1.82) is 0 Å². The Balaban J connectivity index is 2.27. The number of carboxylic acids is 1. The van der Waals surface area contributed by atoms with Crippen molar-refractivity contribution in [2.75, 3.05) is 0 Å². The lowest BCUT2D eigenvalue weighted by Gasteiger charge is -2.04. The molecular formula is C14H12FN3O2. The molecule has 1 N–H and O–H groups in total. The van der Waals surface area contributed by atoms with Crippen molar-refractivity contribution < 1.29 is 14.3 Å². The number of nitrogens with zero attached hydrogens (tertiary/aromatic N) is 3. The highest BCUT2D eigenvalue weighted by Gasteiger charge is 2.17. The van der Waals surface area contributed by atoms with E-state index in [1.807, 2.05) is 12.1 Å². The van der Waals surface area contributed by atoms with Gasteiger partial charge in [0.15, 0.2) is 5.69 Å². The van der Waals surface area contributed by atoms with Crippen LogP contribution >= 0.6 is 0 Å². The molecule has 0 aliphatic carbocycles. The van der Waals surface area contributed by atoms with Crippen LogP contribution in [-0.4, -0.2) is 25.4 Å². The van der Waals surface area contributed by atoms with Gasteiger partial charge in [-0.1, -0.05) is 12.1 Å². The summed E-state index contributed by atoms with van der Waals surface area (Å²) in [7, 11) is 3.41. The average Bonchev–Trinajstić information content (AvgIpc) is 2.92. The van der Waals surface area contributed by atoms with Crippen molar-refractivity contribution in [2.24, 2.45) is 14.1 Å². The molecule has 3 aromatic rings. The van der Waals surface area contributed by atoms with Crippen molar-refractivity contribution >= 4 is 16.9 Å². The van der Waals surface area contributed by atoms with Crippen molar-refractivity contribution in [3.8, 4) is 11.4 Å². The van der Waals surface area contributed by atoms with Gasteiger partial charge in [-0.2, -0.15) is 5.10 Å². The molecule has 0 radical (unpaired) electrons. The monoisotopic (exact) mass is 273 g/mol. The first-order chi connectivity index (χ1) is 9.49. The van der Waals surface area contributed by atoms with Crippen LogP contribution in [0.2, 0.25) is 0 Å². The number of fused-ring (bicyclic) bond motifs is 1. The van der Waals surface area contributed by atoms with Gasteiger partial charge in [-0.15, -0.1) is 0 Å². The maximum atomic E-state index is 13.9. The van der Waals surface area contributed by atoms with Gasteiger partial charge in [-0.05, 0) is 12.1 Å². The number of carboxylic acid groups (broad SMARTS) is 1. The van der Waals surface area contributed by atoms with Gasteiger partial charge in [0.05, 0.1) is 16.9 Å². The van der Waals surface area contributed by atoms with E-state index in [4.69, 9.17) is 5.11 Å². The van der Waals surface area contributed by atoms with Crippen LogP contribution in [0, 0.1) is 5.82 Å². The van der Waals surface area contributed by atoms with Crippen LogP contribution < -0.4 is 0 Å². The van der Waals surface area contributed by atoms with Gasteiger partial charge in [0.1, 0.15) is 5.82 Å². The second-order valence-corrected chi connectivity index (χ2v) is 4.61. The van der Waals surface area contributed by atoms with Crippen LogP contribution in [0.4, 0.5) is 4.39 Å². The Morgan fingerprint density at radius 1 is 1.25 bits per heavy atom. The molecule has 20 heavy (non-hydrogen) atoms. The number of rotatable bonds is 2. The number of carbonyl (C=O) groups is 1. The lowest BCUT2D eigenvalue weighted by Crippen LogP contribution is -2.00. The lowest BCUT2D eigenvalue weighted by atomic mass is 10.2. The topological polar surface area (TPSA) is 60.1 Å². The summed E-state index contributed by atoms with van der Waals surface area (Å²) in [5.74, 6) is -1.39. The molecule has 0 saturated carbocycles. The van der Waals surface area contributed by atoms with Gasteiger partial charge in [0.25, 0.3) is 0 Å². The highest BCUT2D eigenvalue weighted by Crippen LogP contribution is 2.28. The summed E-state index contributed by atoms with van der Waals surface area (Å²) in [5.41, 5.74) is 1.79. The predicted molar refractivity (Wildman–Crippen MR) is 72.0 cm³/mol. The molecule has 1 aromatic carbocycles. The van der Waals surface area contributed by atoms with E-state index in [1.54, 1.807) is 24.7 Å². The molecule has 0 spiro atoms. The molecule has 0 aliphatic rings. The second-order valence-electron chi connectivity index (χ2n) is 4.61. The SMILES string of the molecule is Cn1nc(C(=O)O)cc1-c1cc2cccc(F)c2n1C. The molecule has 0 fully saturated rings. The maximum absolute atomic E-state index is 13.9. The predicted octanol–water partition coefficient (Wildman–Crippen LogP) is 2.42. The zero-order valence-corrected chi connectivity index (χ0v) is 11.0. The molecule has 0 amide bonds. The highest BCUT2D eigenvalue weighted by molar-refractivity contribution is 5.89. The van der Waals surface area contributed by atoms with E-state index >= 15 is 0 Å². The zero-order chi connectivity index (χ0) is 14.4. The minimum atomic E-state index is -1.09. The molecule has 0 atom stereocenters. The Morgan fingerprint density at radius 3 is 2.60 bits per heavy atom. The first kappa shape index (κ1) is 12.4. The Hall–Kier alpha value is -2.63. The zero-order valence-electron chi connectivity index (χ0n) is 11.0. The number of hydrogen-bond donors (Lipinski definition) is 1. The molecule has 0 bridgehead atoms. The summed E-state index contributed by atoms with van der Waals surface area (Å²) in [6.07, 6.45) is 0. The maximum Gasteiger partial charge on any atom is 0.356 e. The normalized spacial score (nSPS) is 11.2. The van der Waals surface area contributed by atoms with Crippen molar-refractivity contribution in [1.82, 2.24) is 14.3 Å². The fourth-order valence-electron chi connectivity index (χ4n) is 2.42.